The number of aliphatic hydroxyl groups excluding tert-OH is 1. The summed E-state index contributed by atoms with van der Waals surface area (Å²) in [5.41, 5.74) is -0.153. The molecule has 1 rings (SSSR count). The van der Waals surface area contributed by atoms with Gasteiger partial charge in [0.15, 0.2) is 0 Å². The molecule has 0 bridgehead atoms. The average molecular weight is 269 g/mol. The lowest BCUT2D eigenvalue weighted by Crippen LogP contribution is -2.32. The number of nitrogens with one attached hydrogen (secondary N) is 2. The van der Waals surface area contributed by atoms with Crippen molar-refractivity contribution in [3.8, 4) is 6.01 Å². The number of anilines is 2. The van der Waals surface area contributed by atoms with E-state index in [0.717, 1.165) is 12.8 Å². The van der Waals surface area contributed by atoms with E-state index in [-0.39, 0.29) is 18.0 Å². The third-order valence-corrected chi connectivity index (χ3v) is 3.48. The van der Waals surface area contributed by atoms with Crippen molar-refractivity contribution in [1.82, 2.24) is 15.0 Å². The van der Waals surface area contributed by atoms with Crippen LogP contribution in [0.1, 0.15) is 26.7 Å². The average Bonchev–Trinajstić information content (AvgIpc) is 2.48. The lowest BCUT2D eigenvalue weighted by Gasteiger charge is -2.29. The van der Waals surface area contributed by atoms with E-state index in [4.69, 9.17) is 4.74 Å². The molecule has 0 unspecified atom stereocenters. The highest BCUT2D eigenvalue weighted by atomic mass is 16.5. The maximum atomic E-state index is 9.53. The van der Waals surface area contributed by atoms with Gasteiger partial charge in [0, 0.05) is 19.0 Å². The van der Waals surface area contributed by atoms with Crippen LogP contribution >= 0.6 is 0 Å². The van der Waals surface area contributed by atoms with Crippen molar-refractivity contribution < 1.29 is 9.84 Å². The van der Waals surface area contributed by atoms with Crippen LogP contribution in [0.25, 0.3) is 0 Å². The molecule has 0 aliphatic carbocycles. The van der Waals surface area contributed by atoms with Crippen LogP contribution < -0.4 is 15.4 Å². The molecule has 0 fully saturated rings. The third-order valence-electron chi connectivity index (χ3n) is 3.48. The molecule has 0 amide bonds. The Bertz CT molecular complexity index is 365. The molecule has 3 N–H and O–H groups in total. The zero-order valence-corrected chi connectivity index (χ0v) is 12.0. The number of rotatable bonds is 8. The Morgan fingerprint density at radius 1 is 1.16 bits per heavy atom. The second kappa shape index (κ2) is 7.08. The zero-order chi connectivity index (χ0) is 14.3. The highest BCUT2D eigenvalue weighted by Crippen LogP contribution is 2.25. The first kappa shape index (κ1) is 15.4. The van der Waals surface area contributed by atoms with E-state index in [0.29, 0.717) is 18.4 Å². The topological polar surface area (TPSA) is 92.2 Å². The number of methoxy groups -OCH3 is 1. The minimum Gasteiger partial charge on any atom is -0.467 e. The smallest absolute Gasteiger partial charge is 0.322 e. The third kappa shape index (κ3) is 3.92. The first-order chi connectivity index (χ1) is 9.12. The maximum Gasteiger partial charge on any atom is 0.322 e. The largest absolute Gasteiger partial charge is 0.467 e. The Hall–Kier alpha value is -1.63. The molecule has 108 valence electrons. The van der Waals surface area contributed by atoms with Gasteiger partial charge in [-0.05, 0) is 12.8 Å². The molecule has 7 heteroatoms. The Morgan fingerprint density at radius 3 is 2.26 bits per heavy atom. The second-order valence-corrected chi connectivity index (χ2v) is 4.44. The summed E-state index contributed by atoms with van der Waals surface area (Å²) in [6.45, 7) is 4.86. The van der Waals surface area contributed by atoms with Gasteiger partial charge in [0.1, 0.15) is 0 Å². The second-order valence-electron chi connectivity index (χ2n) is 4.44. The summed E-state index contributed by atoms with van der Waals surface area (Å²) in [4.78, 5) is 12.4. The van der Waals surface area contributed by atoms with Crippen molar-refractivity contribution in [2.24, 2.45) is 5.41 Å². The van der Waals surface area contributed by atoms with Gasteiger partial charge in [-0.15, -0.1) is 0 Å². The number of hydrogen-bond donors (Lipinski definition) is 3. The number of nitrogens with zero attached hydrogens (tertiary/aromatic N) is 3. The van der Waals surface area contributed by atoms with E-state index in [2.05, 4.69) is 39.4 Å². The first-order valence-corrected chi connectivity index (χ1v) is 6.45. The molecule has 0 aliphatic heterocycles. The highest BCUT2D eigenvalue weighted by Gasteiger charge is 2.25. The van der Waals surface area contributed by atoms with Crippen LogP contribution in [-0.2, 0) is 0 Å². The lowest BCUT2D eigenvalue weighted by molar-refractivity contribution is 0.127. The van der Waals surface area contributed by atoms with E-state index >= 15 is 0 Å². The molecule has 0 spiro atoms. The van der Waals surface area contributed by atoms with Gasteiger partial charge in [-0.25, -0.2) is 0 Å². The van der Waals surface area contributed by atoms with Crippen molar-refractivity contribution in [3.63, 3.8) is 0 Å². The van der Waals surface area contributed by atoms with E-state index in [1.807, 2.05) is 0 Å². The number of hydrogen-bond acceptors (Lipinski definition) is 7. The molecule has 0 saturated carbocycles. The summed E-state index contributed by atoms with van der Waals surface area (Å²) in [5.74, 6) is 0.882. The van der Waals surface area contributed by atoms with Gasteiger partial charge in [-0.1, -0.05) is 13.8 Å². The first-order valence-electron chi connectivity index (χ1n) is 6.45. The van der Waals surface area contributed by atoms with E-state index in [1.54, 1.807) is 7.05 Å². The Kier molecular flexibility index (Phi) is 5.75. The molecular weight excluding hydrogens is 246 g/mol. The van der Waals surface area contributed by atoms with Crippen LogP contribution in [-0.4, -0.2) is 47.4 Å². The predicted octanol–water partition coefficient (Wildman–Crippen LogP) is 1.13. The van der Waals surface area contributed by atoms with Gasteiger partial charge in [0.05, 0.1) is 13.7 Å². The Balaban J connectivity index is 2.81. The van der Waals surface area contributed by atoms with Gasteiger partial charge in [0.2, 0.25) is 11.9 Å². The quantitative estimate of drug-likeness (QED) is 0.651. The molecule has 0 atom stereocenters. The highest BCUT2D eigenvalue weighted by molar-refractivity contribution is 5.35. The summed E-state index contributed by atoms with van der Waals surface area (Å²) in [5, 5.41) is 15.5. The summed E-state index contributed by atoms with van der Waals surface area (Å²) in [6, 6.07) is 0.254. The van der Waals surface area contributed by atoms with Crippen LogP contribution in [0.4, 0.5) is 11.9 Å². The van der Waals surface area contributed by atoms with Crippen molar-refractivity contribution in [1.29, 1.82) is 0 Å². The van der Waals surface area contributed by atoms with E-state index in [1.165, 1.54) is 7.11 Å². The van der Waals surface area contributed by atoms with Gasteiger partial charge >= 0.3 is 6.01 Å². The molecule has 7 nitrogen and oxygen atoms in total. The van der Waals surface area contributed by atoms with Crippen LogP contribution in [0.2, 0.25) is 0 Å². The van der Waals surface area contributed by atoms with Gasteiger partial charge in [-0.2, -0.15) is 15.0 Å². The SMILES string of the molecule is CCC(CC)(CO)CNc1nc(NC)nc(OC)n1. The molecule has 1 aromatic rings. The van der Waals surface area contributed by atoms with E-state index in [9.17, 15) is 5.11 Å². The van der Waals surface area contributed by atoms with Crippen LogP contribution in [0, 0.1) is 5.41 Å². The van der Waals surface area contributed by atoms with Crippen molar-refractivity contribution in [2.75, 3.05) is 37.9 Å². The van der Waals surface area contributed by atoms with Gasteiger partial charge in [0.25, 0.3) is 0 Å². The number of aliphatic hydroxyl groups is 1. The fourth-order valence-electron chi connectivity index (χ4n) is 1.68. The van der Waals surface area contributed by atoms with Crippen LogP contribution in [0.5, 0.6) is 6.01 Å². The van der Waals surface area contributed by atoms with Crippen LogP contribution in [0.3, 0.4) is 0 Å². The lowest BCUT2D eigenvalue weighted by atomic mass is 9.83. The summed E-state index contributed by atoms with van der Waals surface area (Å²) >= 11 is 0. The maximum absolute atomic E-state index is 9.53. The number of ether oxygens (including phenoxy) is 1. The summed E-state index contributed by atoms with van der Waals surface area (Å²) < 4.78 is 5.02. The van der Waals surface area contributed by atoms with Crippen molar-refractivity contribution in [2.45, 2.75) is 26.7 Å². The minimum atomic E-state index is -0.153. The van der Waals surface area contributed by atoms with Gasteiger partial charge in [-0.3, -0.25) is 0 Å². The Labute approximate surface area is 113 Å². The molecule has 0 aliphatic rings. The minimum absolute atomic E-state index is 0.133. The van der Waals surface area contributed by atoms with Crippen molar-refractivity contribution >= 4 is 11.9 Å². The Morgan fingerprint density at radius 2 is 1.79 bits per heavy atom. The molecule has 19 heavy (non-hydrogen) atoms. The summed E-state index contributed by atoms with van der Waals surface area (Å²) in [7, 11) is 3.24. The standard InChI is InChI=1S/C12H23N5O2/c1-5-12(6-2,8-18)7-14-10-15-9(13-3)16-11(17-10)19-4/h18H,5-8H2,1-4H3,(H2,13,14,15,16,17). The molecule has 1 aromatic heterocycles. The van der Waals surface area contributed by atoms with Crippen LogP contribution in [0.15, 0.2) is 0 Å². The number of aromatic nitrogens is 3. The monoisotopic (exact) mass is 269 g/mol. The van der Waals surface area contributed by atoms with Crippen molar-refractivity contribution in [3.05, 3.63) is 0 Å². The van der Waals surface area contributed by atoms with Gasteiger partial charge < -0.3 is 20.5 Å². The molecule has 0 saturated heterocycles. The summed E-state index contributed by atoms with van der Waals surface area (Å²) in [6.07, 6.45) is 1.77. The molecule has 1 heterocycles. The predicted molar refractivity (Wildman–Crippen MR) is 74.5 cm³/mol. The molecule has 0 aromatic carbocycles. The normalized spacial score (nSPS) is 11.2. The molecule has 0 radical (unpaired) electrons. The fraction of sp³-hybridized carbons (Fsp3) is 0.750. The molecular formula is C12H23N5O2. The zero-order valence-electron chi connectivity index (χ0n) is 12.0. The fourth-order valence-corrected chi connectivity index (χ4v) is 1.68. The van der Waals surface area contributed by atoms with E-state index < -0.39 is 0 Å².